The zero-order chi connectivity index (χ0) is 20.1. The molecule has 0 radical (unpaired) electrons. The van der Waals surface area contributed by atoms with Crippen LogP contribution in [0.1, 0.15) is 25.1 Å². The van der Waals surface area contributed by atoms with Gasteiger partial charge >= 0.3 is 0 Å². The molecule has 1 N–H and O–H groups in total. The van der Waals surface area contributed by atoms with Gasteiger partial charge in [-0.25, -0.2) is 4.39 Å². The fourth-order valence-electron chi connectivity index (χ4n) is 3.36. The molecule has 5 heteroatoms. The summed E-state index contributed by atoms with van der Waals surface area (Å²) in [6, 6.07) is 20.2. The van der Waals surface area contributed by atoms with Gasteiger partial charge in [0.2, 0.25) is 5.91 Å². The van der Waals surface area contributed by atoms with Crippen molar-refractivity contribution in [2.75, 3.05) is 11.4 Å². The van der Waals surface area contributed by atoms with E-state index in [0.29, 0.717) is 6.54 Å². The SMILES string of the molecule is CC(=O)NC(C)(CN(c1ccccc1)c1ccnc(C)c1)c1ccc(F)cc1. The van der Waals surface area contributed by atoms with Crippen molar-refractivity contribution in [2.24, 2.45) is 0 Å². The highest BCUT2D eigenvalue weighted by atomic mass is 19.1. The lowest BCUT2D eigenvalue weighted by Gasteiger charge is -2.38. The summed E-state index contributed by atoms with van der Waals surface area (Å²) in [4.78, 5) is 18.4. The van der Waals surface area contributed by atoms with Gasteiger partial charge in [0, 0.05) is 30.2 Å². The van der Waals surface area contributed by atoms with Crippen molar-refractivity contribution in [3.63, 3.8) is 0 Å². The summed E-state index contributed by atoms with van der Waals surface area (Å²) in [5.41, 5.74) is 2.97. The van der Waals surface area contributed by atoms with Crippen molar-refractivity contribution in [3.05, 3.63) is 90.0 Å². The Kier molecular flexibility index (Phi) is 5.73. The van der Waals surface area contributed by atoms with Gasteiger partial charge in [-0.05, 0) is 55.8 Å². The van der Waals surface area contributed by atoms with Crippen LogP contribution in [-0.2, 0) is 10.3 Å². The number of carbonyl (C=O) groups is 1. The van der Waals surface area contributed by atoms with Gasteiger partial charge in [0.15, 0.2) is 0 Å². The number of nitrogens with one attached hydrogen (secondary N) is 1. The number of rotatable bonds is 6. The molecule has 3 rings (SSSR count). The van der Waals surface area contributed by atoms with Crippen molar-refractivity contribution in [1.82, 2.24) is 10.3 Å². The molecule has 144 valence electrons. The molecule has 0 fully saturated rings. The van der Waals surface area contributed by atoms with Crippen LogP contribution in [0.2, 0.25) is 0 Å². The fourth-order valence-corrected chi connectivity index (χ4v) is 3.36. The second-order valence-corrected chi connectivity index (χ2v) is 7.10. The molecule has 3 aromatic rings. The van der Waals surface area contributed by atoms with Crippen LogP contribution < -0.4 is 10.2 Å². The van der Waals surface area contributed by atoms with E-state index in [2.05, 4.69) is 15.2 Å². The molecule has 0 spiro atoms. The Balaban J connectivity index is 2.07. The van der Waals surface area contributed by atoms with Crippen LogP contribution in [0.3, 0.4) is 0 Å². The maximum absolute atomic E-state index is 13.5. The number of pyridine rings is 1. The van der Waals surface area contributed by atoms with Crippen LogP contribution in [0.4, 0.5) is 15.8 Å². The predicted molar refractivity (Wildman–Crippen MR) is 110 cm³/mol. The monoisotopic (exact) mass is 377 g/mol. The zero-order valence-corrected chi connectivity index (χ0v) is 16.3. The van der Waals surface area contributed by atoms with Gasteiger partial charge in [0.25, 0.3) is 0 Å². The smallest absolute Gasteiger partial charge is 0.217 e. The van der Waals surface area contributed by atoms with Gasteiger partial charge < -0.3 is 10.2 Å². The van der Waals surface area contributed by atoms with E-state index in [-0.39, 0.29) is 11.7 Å². The van der Waals surface area contributed by atoms with Crippen LogP contribution in [-0.4, -0.2) is 17.4 Å². The molecule has 4 nitrogen and oxygen atoms in total. The van der Waals surface area contributed by atoms with E-state index >= 15 is 0 Å². The summed E-state index contributed by atoms with van der Waals surface area (Å²) in [5.74, 6) is -0.454. The van der Waals surface area contributed by atoms with Crippen LogP contribution >= 0.6 is 0 Å². The summed E-state index contributed by atoms with van der Waals surface area (Å²) in [5, 5.41) is 3.06. The third kappa shape index (κ3) is 4.55. The van der Waals surface area contributed by atoms with Crippen molar-refractivity contribution in [1.29, 1.82) is 0 Å². The Bertz CT molecular complexity index is 944. The first-order chi connectivity index (χ1) is 13.4. The summed E-state index contributed by atoms with van der Waals surface area (Å²) in [6.07, 6.45) is 1.77. The van der Waals surface area contributed by atoms with E-state index in [1.54, 1.807) is 18.3 Å². The van der Waals surface area contributed by atoms with E-state index in [4.69, 9.17) is 0 Å². The van der Waals surface area contributed by atoms with Crippen molar-refractivity contribution < 1.29 is 9.18 Å². The van der Waals surface area contributed by atoms with Crippen LogP contribution in [0, 0.1) is 12.7 Å². The van der Waals surface area contributed by atoms with Gasteiger partial charge in [-0.15, -0.1) is 0 Å². The third-order valence-corrected chi connectivity index (χ3v) is 4.67. The highest BCUT2D eigenvalue weighted by molar-refractivity contribution is 5.74. The average molecular weight is 377 g/mol. The molecule has 0 aliphatic carbocycles. The Morgan fingerprint density at radius 2 is 1.75 bits per heavy atom. The maximum atomic E-state index is 13.5. The fraction of sp³-hybridized carbons (Fsp3) is 0.217. The van der Waals surface area contributed by atoms with Gasteiger partial charge in [0.1, 0.15) is 5.82 Å². The van der Waals surface area contributed by atoms with Crippen molar-refractivity contribution in [3.8, 4) is 0 Å². The predicted octanol–water partition coefficient (Wildman–Crippen LogP) is 4.72. The second-order valence-electron chi connectivity index (χ2n) is 7.10. The number of amides is 1. The van der Waals surface area contributed by atoms with Gasteiger partial charge in [-0.1, -0.05) is 30.3 Å². The molecule has 1 unspecified atom stereocenters. The van der Waals surface area contributed by atoms with E-state index in [0.717, 1.165) is 22.6 Å². The molecule has 1 atom stereocenters. The number of benzene rings is 2. The number of aromatic nitrogens is 1. The average Bonchev–Trinajstić information content (AvgIpc) is 2.67. The number of hydrogen-bond acceptors (Lipinski definition) is 3. The van der Waals surface area contributed by atoms with Crippen molar-refractivity contribution in [2.45, 2.75) is 26.3 Å². The lowest BCUT2D eigenvalue weighted by atomic mass is 9.90. The number of carbonyl (C=O) groups excluding carboxylic acids is 1. The summed E-state index contributed by atoms with van der Waals surface area (Å²) < 4.78 is 13.5. The minimum absolute atomic E-state index is 0.147. The molecule has 28 heavy (non-hydrogen) atoms. The Morgan fingerprint density at radius 1 is 1.07 bits per heavy atom. The number of aryl methyl sites for hydroxylation is 1. The van der Waals surface area contributed by atoms with Crippen molar-refractivity contribution >= 4 is 17.3 Å². The molecule has 0 bridgehead atoms. The number of halogens is 1. The molecule has 1 aromatic heterocycles. The molecule has 1 amide bonds. The summed E-state index contributed by atoms with van der Waals surface area (Å²) in [6.45, 7) is 5.85. The lowest BCUT2D eigenvalue weighted by molar-refractivity contribution is -0.120. The van der Waals surface area contributed by atoms with E-state index < -0.39 is 5.54 Å². The minimum Gasteiger partial charge on any atom is -0.345 e. The molecular weight excluding hydrogens is 353 g/mol. The summed E-state index contributed by atoms with van der Waals surface area (Å²) in [7, 11) is 0. The lowest BCUT2D eigenvalue weighted by Crippen LogP contribution is -2.49. The first-order valence-electron chi connectivity index (χ1n) is 9.17. The first kappa shape index (κ1) is 19.5. The standard InChI is InChI=1S/C23H24FN3O/c1-17-15-22(13-14-25-17)27(21-7-5-4-6-8-21)16-23(3,26-18(2)28)19-9-11-20(24)12-10-19/h4-15H,16H2,1-3H3,(H,26,28). The van der Waals surface area contributed by atoms with Gasteiger partial charge in [-0.3, -0.25) is 9.78 Å². The largest absolute Gasteiger partial charge is 0.345 e. The maximum Gasteiger partial charge on any atom is 0.217 e. The zero-order valence-electron chi connectivity index (χ0n) is 16.3. The minimum atomic E-state index is -0.730. The molecule has 0 aliphatic heterocycles. The Hall–Kier alpha value is -3.21. The van der Waals surface area contributed by atoms with Crippen LogP contribution in [0.15, 0.2) is 72.9 Å². The Morgan fingerprint density at radius 3 is 2.36 bits per heavy atom. The number of anilines is 2. The van der Waals surface area contributed by atoms with E-state index in [1.165, 1.54) is 19.1 Å². The van der Waals surface area contributed by atoms with Gasteiger partial charge in [0.05, 0.1) is 12.1 Å². The third-order valence-electron chi connectivity index (χ3n) is 4.67. The van der Waals surface area contributed by atoms with Gasteiger partial charge in [-0.2, -0.15) is 0 Å². The molecular formula is C23H24FN3O. The molecule has 2 aromatic carbocycles. The topological polar surface area (TPSA) is 45.2 Å². The highest BCUT2D eigenvalue weighted by Gasteiger charge is 2.31. The van der Waals surface area contributed by atoms with E-state index in [1.807, 2.05) is 56.3 Å². The highest BCUT2D eigenvalue weighted by Crippen LogP contribution is 2.31. The summed E-state index contributed by atoms with van der Waals surface area (Å²) >= 11 is 0. The number of para-hydroxylation sites is 1. The molecule has 0 saturated heterocycles. The molecule has 0 aliphatic rings. The first-order valence-corrected chi connectivity index (χ1v) is 9.17. The van der Waals surface area contributed by atoms with E-state index in [9.17, 15) is 9.18 Å². The van der Waals surface area contributed by atoms with Crippen LogP contribution in [0.5, 0.6) is 0 Å². The second kappa shape index (κ2) is 8.21. The quantitative estimate of drug-likeness (QED) is 0.676. The normalized spacial score (nSPS) is 12.9. The molecule has 1 heterocycles. The number of hydrogen-bond donors (Lipinski definition) is 1. The Labute approximate surface area is 165 Å². The van der Waals surface area contributed by atoms with Crippen LogP contribution in [0.25, 0.3) is 0 Å². The number of nitrogens with zero attached hydrogens (tertiary/aromatic N) is 2. The molecule has 0 saturated carbocycles.